The summed E-state index contributed by atoms with van der Waals surface area (Å²) in [6.45, 7) is 7.06. The van der Waals surface area contributed by atoms with Gasteiger partial charge in [-0.05, 0) is 20.3 Å². The van der Waals surface area contributed by atoms with Crippen LogP contribution in [0.25, 0.3) is 0 Å². The highest BCUT2D eigenvalue weighted by atomic mass is 16.6. The fraction of sp³-hybridized carbons (Fsp3) is 0.714. The van der Waals surface area contributed by atoms with Crippen LogP contribution in [0.1, 0.15) is 18.1 Å². The van der Waals surface area contributed by atoms with Gasteiger partial charge in [0.15, 0.2) is 0 Å². The summed E-state index contributed by atoms with van der Waals surface area (Å²) >= 11 is 0. The van der Waals surface area contributed by atoms with E-state index in [4.69, 9.17) is 4.74 Å². The molecule has 1 aromatic heterocycles. The SMILES string of the molecule is Cc1nc(C)n(CCCNC(=O)N2CCN3C(=O)OC[C@@H]3C2)n1. The number of aryl methyl sites for hydroxylation is 3. The highest BCUT2D eigenvalue weighted by Gasteiger charge is 2.38. The number of amides is 3. The number of nitrogens with one attached hydrogen (secondary N) is 1. The Labute approximate surface area is 134 Å². The largest absolute Gasteiger partial charge is 0.447 e. The summed E-state index contributed by atoms with van der Waals surface area (Å²) in [5.74, 6) is 1.65. The van der Waals surface area contributed by atoms with Crippen molar-refractivity contribution in [2.45, 2.75) is 32.9 Å². The van der Waals surface area contributed by atoms with E-state index in [1.54, 1.807) is 9.80 Å². The molecule has 0 spiro atoms. The maximum Gasteiger partial charge on any atom is 0.410 e. The molecule has 126 valence electrons. The summed E-state index contributed by atoms with van der Waals surface area (Å²) in [6.07, 6.45) is 0.522. The van der Waals surface area contributed by atoms with Crippen LogP contribution in [0.4, 0.5) is 9.59 Å². The summed E-state index contributed by atoms with van der Waals surface area (Å²) in [7, 11) is 0. The fourth-order valence-electron chi connectivity index (χ4n) is 2.98. The van der Waals surface area contributed by atoms with Crippen LogP contribution < -0.4 is 5.32 Å². The van der Waals surface area contributed by atoms with Crippen molar-refractivity contribution in [3.8, 4) is 0 Å². The molecule has 0 aliphatic carbocycles. The number of piperazine rings is 1. The minimum atomic E-state index is -0.270. The molecule has 0 radical (unpaired) electrons. The number of hydrogen-bond acceptors (Lipinski definition) is 5. The summed E-state index contributed by atoms with van der Waals surface area (Å²) in [6, 6.07) is -0.0988. The molecule has 2 aliphatic rings. The molecular weight excluding hydrogens is 300 g/mol. The van der Waals surface area contributed by atoms with Crippen molar-refractivity contribution in [2.75, 3.05) is 32.8 Å². The molecule has 3 amide bonds. The normalized spacial score (nSPS) is 20.4. The van der Waals surface area contributed by atoms with E-state index in [9.17, 15) is 9.59 Å². The molecule has 9 heteroatoms. The van der Waals surface area contributed by atoms with Crippen LogP contribution in [0.5, 0.6) is 0 Å². The van der Waals surface area contributed by atoms with Gasteiger partial charge in [-0.25, -0.2) is 14.6 Å². The minimum Gasteiger partial charge on any atom is -0.447 e. The van der Waals surface area contributed by atoms with Gasteiger partial charge >= 0.3 is 12.1 Å². The average molecular weight is 322 g/mol. The number of carbonyl (C=O) groups excluding carboxylic acids is 2. The van der Waals surface area contributed by atoms with Gasteiger partial charge in [0.25, 0.3) is 0 Å². The predicted octanol–water partition coefficient (Wildman–Crippen LogP) is 0.131. The summed E-state index contributed by atoms with van der Waals surface area (Å²) < 4.78 is 6.85. The summed E-state index contributed by atoms with van der Waals surface area (Å²) in [5, 5.41) is 7.21. The van der Waals surface area contributed by atoms with Crippen molar-refractivity contribution < 1.29 is 14.3 Å². The van der Waals surface area contributed by atoms with E-state index >= 15 is 0 Å². The molecule has 0 aromatic carbocycles. The van der Waals surface area contributed by atoms with Crippen molar-refractivity contribution >= 4 is 12.1 Å². The first-order valence-electron chi connectivity index (χ1n) is 7.89. The van der Waals surface area contributed by atoms with E-state index in [1.807, 2.05) is 18.5 Å². The van der Waals surface area contributed by atoms with Crippen molar-refractivity contribution in [3.63, 3.8) is 0 Å². The number of carbonyl (C=O) groups is 2. The summed E-state index contributed by atoms with van der Waals surface area (Å²) in [4.78, 5) is 31.3. The topological polar surface area (TPSA) is 92.6 Å². The molecule has 1 aromatic rings. The maximum absolute atomic E-state index is 12.2. The van der Waals surface area contributed by atoms with Crippen LogP contribution in [0.3, 0.4) is 0 Å². The molecule has 0 bridgehead atoms. The zero-order valence-corrected chi connectivity index (χ0v) is 13.5. The molecule has 3 rings (SSSR count). The van der Waals surface area contributed by atoms with Crippen molar-refractivity contribution in [3.05, 3.63) is 11.6 Å². The monoisotopic (exact) mass is 322 g/mol. The number of aromatic nitrogens is 3. The Morgan fingerprint density at radius 3 is 2.96 bits per heavy atom. The van der Waals surface area contributed by atoms with Crippen LogP contribution in [0.2, 0.25) is 0 Å². The molecule has 0 saturated carbocycles. The van der Waals surface area contributed by atoms with Crippen LogP contribution in [-0.2, 0) is 11.3 Å². The Morgan fingerprint density at radius 1 is 1.39 bits per heavy atom. The van der Waals surface area contributed by atoms with Gasteiger partial charge < -0.3 is 15.0 Å². The van der Waals surface area contributed by atoms with E-state index in [-0.39, 0.29) is 18.2 Å². The number of ether oxygens (including phenoxy) is 1. The average Bonchev–Trinajstić information content (AvgIpc) is 3.05. The molecule has 1 atom stereocenters. The third-order valence-corrected chi connectivity index (χ3v) is 4.19. The first-order chi connectivity index (χ1) is 11.0. The van der Waals surface area contributed by atoms with Crippen molar-refractivity contribution in [1.82, 2.24) is 29.9 Å². The lowest BCUT2D eigenvalue weighted by atomic mass is 10.2. The van der Waals surface area contributed by atoms with Crippen LogP contribution in [-0.4, -0.2) is 75.5 Å². The third kappa shape index (κ3) is 3.38. The number of cyclic esters (lactones) is 1. The van der Waals surface area contributed by atoms with E-state index in [0.29, 0.717) is 32.8 Å². The molecule has 9 nitrogen and oxygen atoms in total. The minimum absolute atomic E-state index is 0.0113. The second kappa shape index (κ2) is 6.43. The lowest BCUT2D eigenvalue weighted by molar-refractivity contribution is 0.127. The highest BCUT2D eigenvalue weighted by Crippen LogP contribution is 2.17. The fourth-order valence-corrected chi connectivity index (χ4v) is 2.98. The molecule has 2 aliphatic heterocycles. The quantitative estimate of drug-likeness (QED) is 0.796. The molecule has 0 unspecified atom stereocenters. The van der Waals surface area contributed by atoms with Gasteiger partial charge in [-0.3, -0.25) is 9.58 Å². The predicted molar refractivity (Wildman–Crippen MR) is 80.9 cm³/mol. The smallest absolute Gasteiger partial charge is 0.410 e. The van der Waals surface area contributed by atoms with Crippen LogP contribution in [0, 0.1) is 13.8 Å². The number of fused-ring (bicyclic) bond motifs is 1. The molecule has 3 heterocycles. The van der Waals surface area contributed by atoms with Gasteiger partial charge in [0.2, 0.25) is 0 Å². The molecule has 2 fully saturated rings. The maximum atomic E-state index is 12.2. The van der Waals surface area contributed by atoms with Crippen molar-refractivity contribution in [2.24, 2.45) is 0 Å². The van der Waals surface area contributed by atoms with Gasteiger partial charge in [-0.1, -0.05) is 0 Å². The van der Waals surface area contributed by atoms with Gasteiger partial charge in [0, 0.05) is 32.7 Å². The zero-order chi connectivity index (χ0) is 16.4. The Bertz CT molecular complexity index is 601. The second-order valence-electron chi connectivity index (χ2n) is 5.89. The number of nitrogens with zero attached hydrogens (tertiary/aromatic N) is 5. The van der Waals surface area contributed by atoms with Crippen LogP contribution in [0.15, 0.2) is 0 Å². The number of hydrogen-bond donors (Lipinski definition) is 1. The van der Waals surface area contributed by atoms with Gasteiger partial charge in [-0.2, -0.15) is 5.10 Å². The Balaban J connectivity index is 1.40. The van der Waals surface area contributed by atoms with Gasteiger partial charge in [0.1, 0.15) is 18.3 Å². The van der Waals surface area contributed by atoms with Gasteiger partial charge in [-0.15, -0.1) is 0 Å². The summed E-state index contributed by atoms with van der Waals surface area (Å²) in [5.41, 5.74) is 0. The molecular formula is C14H22N6O3. The zero-order valence-electron chi connectivity index (χ0n) is 13.5. The van der Waals surface area contributed by atoms with Crippen LogP contribution >= 0.6 is 0 Å². The van der Waals surface area contributed by atoms with E-state index in [2.05, 4.69) is 15.4 Å². The molecule has 23 heavy (non-hydrogen) atoms. The Morgan fingerprint density at radius 2 is 2.22 bits per heavy atom. The first kappa shape index (κ1) is 15.6. The lowest BCUT2D eigenvalue weighted by Gasteiger charge is -2.35. The van der Waals surface area contributed by atoms with E-state index in [1.165, 1.54) is 0 Å². The molecule has 2 saturated heterocycles. The second-order valence-corrected chi connectivity index (χ2v) is 5.89. The Hall–Kier alpha value is -2.32. The number of rotatable bonds is 4. The highest BCUT2D eigenvalue weighted by molar-refractivity contribution is 5.75. The number of urea groups is 1. The Kier molecular flexibility index (Phi) is 4.35. The molecule has 1 N–H and O–H groups in total. The third-order valence-electron chi connectivity index (χ3n) is 4.19. The lowest BCUT2D eigenvalue weighted by Crippen LogP contribution is -2.56. The standard InChI is InChI=1S/C14H22N6O3/c1-10-16-11(2)20(17-10)5-3-4-15-13(21)18-6-7-19-12(8-18)9-23-14(19)22/h12H,3-9H2,1-2H3,(H,15,21)/t12-/m0/s1. The first-order valence-corrected chi connectivity index (χ1v) is 7.89. The van der Waals surface area contributed by atoms with Crippen molar-refractivity contribution in [1.29, 1.82) is 0 Å². The van der Waals surface area contributed by atoms with E-state index in [0.717, 1.165) is 24.6 Å². The van der Waals surface area contributed by atoms with Gasteiger partial charge in [0.05, 0.1) is 6.04 Å². The van der Waals surface area contributed by atoms with E-state index < -0.39 is 0 Å².